The fraction of sp³-hybridized carbons (Fsp3) is 0.222. The minimum Gasteiger partial charge on any atom is -0.452 e. The quantitative estimate of drug-likeness (QED) is 0.457. The number of nitro groups is 1. The molecule has 0 atom stereocenters. The summed E-state index contributed by atoms with van der Waals surface area (Å²) in [7, 11) is 1.63. The van der Waals surface area contributed by atoms with Crippen LogP contribution in [0.4, 0.5) is 5.69 Å². The number of hydrogen-bond acceptors (Lipinski definition) is 5. The van der Waals surface area contributed by atoms with E-state index in [0.717, 1.165) is 11.1 Å². The summed E-state index contributed by atoms with van der Waals surface area (Å²) < 4.78 is 4.97. The molecule has 0 unspecified atom stereocenters. The molecule has 2 rings (SSSR count). The molecule has 2 aromatic rings. The molecule has 130 valence electrons. The van der Waals surface area contributed by atoms with Gasteiger partial charge in [-0.15, -0.1) is 0 Å². The topological polar surface area (TPSA) is 89.8 Å². The molecule has 7 heteroatoms. The van der Waals surface area contributed by atoms with Gasteiger partial charge in [0.1, 0.15) is 0 Å². The van der Waals surface area contributed by atoms with E-state index in [1.165, 1.54) is 29.2 Å². The van der Waals surface area contributed by atoms with E-state index in [1.807, 2.05) is 31.2 Å². The van der Waals surface area contributed by atoms with Gasteiger partial charge >= 0.3 is 5.97 Å². The molecule has 0 spiro atoms. The van der Waals surface area contributed by atoms with E-state index in [9.17, 15) is 19.7 Å². The molecule has 0 bridgehead atoms. The van der Waals surface area contributed by atoms with E-state index >= 15 is 0 Å². The van der Waals surface area contributed by atoms with Crippen LogP contribution < -0.4 is 0 Å². The van der Waals surface area contributed by atoms with Crippen LogP contribution in [-0.4, -0.2) is 35.4 Å². The largest absolute Gasteiger partial charge is 0.452 e. The number of likely N-dealkylation sites (N-methyl/N-ethyl adjacent to an activating group) is 1. The highest BCUT2D eigenvalue weighted by molar-refractivity contribution is 5.91. The van der Waals surface area contributed by atoms with Gasteiger partial charge in [0.15, 0.2) is 6.61 Å². The highest BCUT2D eigenvalue weighted by atomic mass is 16.6. The maximum Gasteiger partial charge on any atom is 0.338 e. The number of aryl methyl sites for hydroxylation is 1. The highest BCUT2D eigenvalue weighted by Gasteiger charge is 2.15. The van der Waals surface area contributed by atoms with Crippen LogP contribution in [0.1, 0.15) is 21.5 Å². The smallest absolute Gasteiger partial charge is 0.338 e. The van der Waals surface area contributed by atoms with Crippen LogP contribution in [0.5, 0.6) is 0 Å². The number of benzene rings is 2. The molecule has 2 aromatic carbocycles. The van der Waals surface area contributed by atoms with Crippen LogP contribution in [0.25, 0.3) is 0 Å². The van der Waals surface area contributed by atoms with Crippen molar-refractivity contribution in [2.45, 2.75) is 13.5 Å². The SMILES string of the molecule is Cc1ccc(CN(C)C(=O)COC(=O)c2ccc([N+](=O)[O-])cc2)cc1. The number of nitro benzene ring substituents is 1. The van der Waals surface area contributed by atoms with Gasteiger partial charge < -0.3 is 9.64 Å². The van der Waals surface area contributed by atoms with Crippen molar-refractivity contribution in [3.8, 4) is 0 Å². The number of carbonyl (C=O) groups is 2. The first-order chi connectivity index (χ1) is 11.9. The Morgan fingerprint density at radius 1 is 1.08 bits per heavy atom. The molecule has 0 aliphatic carbocycles. The molecule has 0 aromatic heterocycles. The third-order valence-electron chi connectivity index (χ3n) is 3.61. The first kappa shape index (κ1) is 18.1. The van der Waals surface area contributed by atoms with Gasteiger partial charge in [0.25, 0.3) is 11.6 Å². The highest BCUT2D eigenvalue weighted by Crippen LogP contribution is 2.13. The molecule has 0 aliphatic heterocycles. The van der Waals surface area contributed by atoms with E-state index in [2.05, 4.69) is 0 Å². The first-order valence-electron chi connectivity index (χ1n) is 7.58. The fourth-order valence-electron chi connectivity index (χ4n) is 2.10. The number of nitrogens with zero attached hydrogens (tertiary/aromatic N) is 2. The Kier molecular flexibility index (Phi) is 5.84. The Labute approximate surface area is 145 Å². The number of hydrogen-bond donors (Lipinski definition) is 0. The van der Waals surface area contributed by atoms with Crippen molar-refractivity contribution < 1.29 is 19.2 Å². The van der Waals surface area contributed by atoms with E-state index in [0.29, 0.717) is 6.54 Å². The van der Waals surface area contributed by atoms with E-state index in [-0.39, 0.29) is 17.2 Å². The van der Waals surface area contributed by atoms with E-state index in [1.54, 1.807) is 7.05 Å². The summed E-state index contributed by atoms with van der Waals surface area (Å²) in [4.78, 5) is 35.4. The lowest BCUT2D eigenvalue weighted by Crippen LogP contribution is -2.30. The zero-order valence-corrected chi connectivity index (χ0v) is 14.0. The van der Waals surface area contributed by atoms with Gasteiger partial charge in [-0.2, -0.15) is 0 Å². The van der Waals surface area contributed by atoms with Crippen molar-refractivity contribution in [2.75, 3.05) is 13.7 Å². The number of rotatable bonds is 6. The summed E-state index contributed by atoms with van der Waals surface area (Å²) in [6, 6.07) is 12.8. The zero-order chi connectivity index (χ0) is 18.4. The van der Waals surface area contributed by atoms with Gasteiger partial charge in [0.2, 0.25) is 0 Å². The van der Waals surface area contributed by atoms with Gasteiger partial charge in [-0.1, -0.05) is 29.8 Å². The Bertz CT molecular complexity index is 769. The van der Waals surface area contributed by atoms with Crippen molar-refractivity contribution in [2.24, 2.45) is 0 Å². The minimum atomic E-state index is -0.702. The average molecular weight is 342 g/mol. The standard InChI is InChI=1S/C18H18N2O5/c1-13-3-5-14(6-4-13)11-19(2)17(21)12-25-18(22)15-7-9-16(10-8-15)20(23)24/h3-10H,11-12H2,1-2H3. The molecular formula is C18H18N2O5. The van der Waals surface area contributed by atoms with Gasteiger partial charge in [0, 0.05) is 25.7 Å². The third kappa shape index (κ3) is 5.13. The molecule has 0 heterocycles. The van der Waals surface area contributed by atoms with Gasteiger partial charge in [0.05, 0.1) is 10.5 Å². The fourth-order valence-corrected chi connectivity index (χ4v) is 2.10. The summed E-state index contributed by atoms with van der Waals surface area (Å²) in [5.74, 6) is -1.04. The molecule has 1 amide bonds. The third-order valence-corrected chi connectivity index (χ3v) is 3.61. The predicted octanol–water partition coefficient (Wildman–Crippen LogP) is 2.72. The van der Waals surface area contributed by atoms with Crippen LogP contribution in [0, 0.1) is 17.0 Å². The summed E-state index contributed by atoms with van der Waals surface area (Å²) in [6.45, 7) is 2.00. The van der Waals surface area contributed by atoms with Crippen LogP contribution in [0.15, 0.2) is 48.5 Å². The molecule has 25 heavy (non-hydrogen) atoms. The molecule has 0 saturated carbocycles. The lowest BCUT2D eigenvalue weighted by atomic mass is 10.1. The second kappa shape index (κ2) is 8.05. The molecule has 0 N–H and O–H groups in total. The summed E-state index contributed by atoms with van der Waals surface area (Å²) >= 11 is 0. The summed E-state index contributed by atoms with van der Waals surface area (Å²) in [6.07, 6.45) is 0. The summed E-state index contributed by atoms with van der Waals surface area (Å²) in [5, 5.41) is 10.6. The van der Waals surface area contributed by atoms with Crippen molar-refractivity contribution in [3.63, 3.8) is 0 Å². The number of carbonyl (C=O) groups excluding carboxylic acids is 2. The molecule has 0 saturated heterocycles. The maximum absolute atomic E-state index is 12.1. The molecule has 0 fully saturated rings. The summed E-state index contributed by atoms with van der Waals surface area (Å²) in [5.41, 5.74) is 2.14. The average Bonchev–Trinajstić information content (AvgIpc) is 2.61. The normalized spacial score (nSPS) is 10.2. The van der Waals surface area contributed by atoms with Crippen LogP contribution in [-0.2, 0) is 16.1 Å². The molecule has 7 nitrogen and oxygen atoms in total. The Balaban J connectivity index is 1.86. The van der Waals surface area contributed by atoms with Crippen LogP contribution >= 0.6 is 0 Å². The Hall–Kier alpha value is -3.22. The lowest BCUT2D eigenvalue weighted by molar-refractivity contribution is -0.384. The molecular weight excluding hydrogens is 324 g/mol. The van der Waals surface area contributed by atoms with E-state index < -0.39 is 17.5 Å². The van der Waals surface area contributed by atoms with Gasteiger partial charge in [-0.25, -0.2) is 4.79 Å². The second-order valence-electron chi connectivity index (χ2n) is 5.62. The van der Waals surface area contributed by atoms with Crippen molar-refractivity contribution in [1.29, 1.82) is 0 Å². The number of esters is 1. The van der Waals surface area contributed by atoms with E-state index in [4.69, 9.17) is 4.74 Å². The zero-order valence-electron chi connectivity index (χ0n) is 14.0. The Morgan fingerprint density at radius 3 is 2.24 bits per heavy atom. The maximum atomic E-state index is 12.1. The predicted molar refractivity (Wildman–Crippen MR) is 91.0 cm³/mol. The van der Waals surface area contributed by atoms with Crippen molar-refractivity contribution in [3.05, 3.63) is 75.3 Å². The monoisotopic (exact) mass is 342 g/mol. The number of ether oxygens (including phenoxy) is 1. The van der Waals surface area contributed by atoms with Crippen molar-refractivity contribution >= 4 is 17.6 Å². The van der Waals surface area contributed by atoms with Crippen molar-refractivity contribution in [1.82, 2.24) is 4.90 Å². The van der Waals surface area contributed by atoms with Gasteiger partial charge in [-0.05, 0) is 24.6 Å². The number of non-ortho nitro benzene ring substituents is 1. The first-order valence-corrected chi connectivity index (χ1v) is 7.58. The van der Waals surface area contributed by atoms with Crippen LogP contribution in [0.3, 0.4) is 0 Å². The van der Waals surface area contributed by atoms with Crippen LogP contribution in [0.2, 0.25) is 0 Å². The molecule has 0 aliphatic rings. The Morgan fingerprint density at radius 2 is 1.68 bits per heavy atom. The lowest BCUT2D eigenvalue weighted by Gasteiger charge is -2.17. The molecule has 0 radical (unpaired) electrons. The minimum absolute atomic E-state index is 0.120. The number of amides is 1. The van der Waals surface area contributed by atoms with Gasteiger partial charge in [-0.3, -0.25) is 14.9 Å². The second-order valence-corrected chi connectivity index (χ2v) is 5.62.